The van der Waals surface area contributed by atoms with Gasteiger partial charge in [-0.15, -0.1) is 0 Å². The van der Waals surface area contributed by atoms with Crippen LogP contribution < -0.4 is 5.14 Å². The zero-order chi connectivity index (χ0) is 8.81. The lowest BCUT2D eigenvalue weighted by Crippen LogP contribution is -1.93. The van der Waals surface area contributed by atoms with E-state index < -0.39 is 0 Å². The fraction of sp³-hybridized carbons (Fsp3) is 0.286. The Morgan fingerprint density at radius 3 is 3.08 bits per heavy atom. The smallest absolute Gasteiger partial charge is 0.111 e. The van der Waals surface area contributed by atoms with Crippen LogP contribution in [0.15, 0.2) is 23.2 Å². The summed E-state index contributed by atoms with van der Waals surface area (Å²) in [6.07, 6.45) is 1.88. The van der Waals surface area contributed by atoms with Gasteiger partial charge in [-0.1, -0.05) is 6.07 Å². The Balaban J connectivity index is 2.60. The van der Waals surface area contributed by atoms with Gasteiger partial charge in [-0.05, 0) is 36.1 Å². The highest BCUT2D eigenvalue weighted by atomic mass is 32.2. The summed E-state index contributed by atoms with van der Waals surface area (Å²) in [5.41, 5.74) is 0.903. The average molecular weight is 202 g/mol. The Morgan fingerprint density at radius 1 is 1.58 bits per heavy atom. The van der Waals surface area contributed by atoms with Crippen LogP contribution in [0.4, 0.5) is 0 Å². The van der Waals surface area contributed by atoms with Crippen molar-refractivity contribution in [2.75, 3.05) is 6.26 Å². The fourth-order valence-corrected chi connectivity index (χ4v) is 1.29. The molecule has 12 heavy (non-hydrogen) atoms. The maximum absolute atomic E-state index is 5.36. The van der Waals surface area contributed by atoms with Crippen LogP contribution in [0.1, 0.15) is 5.69 Å². The zero-order valence-electron chi connectivity index (χ0n) is 6.69. The van der Waals surface area contributed by atoms with Crippen LogP contribution in [0.25, 0.3) is 0 Å². The molecule has 0 radical (unpaired) electrons. The molecule has 0 saturated heterocycles. The summed E-state index contributed by atoms with van der Waals surface area (Å²) in [5, 5.41) is 6.17. The number of nitrogens with two attached hydrogens (primary N) is 1. The van der Waals surface area contributed by atoms with Gasteiger partial charge in [0.05, 0.1) is 5.69 Å². The van der Waals surface area contributed by atoms with Crippen LogP contribution in [0.3, 0.4) is 0 Å². The van der Waals surface area contributed by atoms with Crippen LogP contribution in [-0.2, 0) is 10.8 Å². The molecule has 1 rings (SSSR count). The van der Waals surface area contributed by atoms with E-state index in [2.05, 4.69) is 4.98 Å². The van der Waals surface area contributed by atoms with E-state index in [1.165, 1.54) is 12.0 Å². The first-order valence-corrected chi connectivity index (χ1v) is 5.38. The lowest BCUT2D eigenvalue weighted by molar-refractivity contribution is 0.358. The maximum Gasteiger partial charge on any atom is 0.111 e. The summed E-state index contributed by atoms with van der Waals surface area (Å²) >= 11 is 2.47. The number of aromatic nitrogens is 1. The number of rotatable bonds is 4. The summed E-state index contributed by atoms with van der Waals surface area (Å²) < 4.78 is 5.12. The molecule has 0 fully saturated rings. The molecule has 0 saturated carbocycles. The van der Waals surface area contributed by atoms with Crippen molar-refractivity contribution in [3.8, 4) is 0 Å². The first-order valence-electron chi connectivity index (χ1n) is 3.35. The van der Waals surface area contributed by atoms with Crippen LogP contribution in [0.2, 0.25) is 0 Å². The quantitative estimate of drug-likeness (QED) is 0.596. The Labute approximate surface area is 80.4 Å². The first kappa shape index (κ1) is 9.85. The zero-order valence-corrected chi connectivity index (χ0v) is 8.32. The summed E-state index contributed by atoms with van der Waals surface area (Å²) in [4.78, 5) is 4.23. The minimum Gasteiger partial charge on any atom is -0.309 e. The molecule has 0 unspecified atom stereocenters. The Kier molecular flexibility index (Phi) is 4.45. The molecule has 0 atom stereocenters. The molecular weight excluding hydrogens is 192 g/mol. The molecule has 2 N–H and O–H groups in total. The molecule has 0 bridgehead atoms. The van der Waals surface area contributed by atoms with E-state index in [0.717, 1.165) is 22.7 Å². The minimum atomic E-state index is 0.523. The SMILES string of the molecule is CSOCc1cccc(SN)n1. The summed E-state index contributed by atoms with van der Waals surface area (Å²) in [5.74, 6) is 0. The summed E-state index contributed by atoms with van der Waals surface area (Å²) in [6, 6.07) is 5.70. The molecule has 1 heterocycles. The van der Waals surface area contributed by atoms with Crippen LogP contribution in [0.5, 0.6) is 0 Å². The van der Waals surface area contributed by atoms with E-state index in [0.29, 0.717) is 6.61 Å². The maximum atomic E-state index is 5.36. The fourth-order valence-electron chi connectivity index (χ4n) is 0.723. The van der Waals surface area contributed by atoms with Crippen LogP contribution in [0, 0.1) is 0 Å². The van der Waals surface area contributed by atoms with Gasteiger partial charge in [-0.25, -0.2) is 4.98 Å². The third-order valence-corrected chi connectivity index (χ3v) is 2.05. The van der Waals surface area contributed by atoms with Gasteiger partial charge < -0.3 is 4.18 Å². The first-order chi connectivity index (χ1) is 5.86. The van der Waals surface area contributed by atoms with Gasteiger partial charge in [-0.3, -0.25) is 5.14 Å². The number of hydrogen-bond donors (Lipinski definition) is 1. The lowest BCUT2D eigenvalue weighted by Gasteiger charge is -2.00. The van der Waals surface area contributed by atoms with Crippen LogP contribution in [-0.4, -0.2) is 11.2 Å². The second-order valence-electron chi connectivity index (χ2n) is 2.01. The Bertz CT molecular complexity index is 245. The lowest BCUT2D eigenvalue weighted by atomic mass is 10.4. The highest BCUT2D eigenvalue weighted by Gasteiger charge is 1.96. The van der Waals surface area contributed by atoms with E-state index in [1.807, 2.05) is 24.5 Å². The Hall–Kier alpha value is -0.230. The van der Waals surface area contributed by atoms with Crippen molar-refractivity contribution in [2.24, 2.45) is 5.14 Å². The van der Waals surface area contributed by atoms with E-state index in [-0.39, 0.29) is 0 Å². The molecule has 5 heteroatoms. The summed E-state index contributed by atoms with van der Waals surface area (Å²) in [6.45, 7) is 0.523. The van der Waals surface area contributed by atoms with E-state index >= 15 is 0 Å². The van der Waals surface area contributed by atoms with Crippen molar-refractivity contribution < 1.29 is 4.18 Å². The van der Waals surface area contributed by atoms with Crippen LogP contribution >= 0.6 is 24.0 Å². The van der Waals surface area contributed by atoms with Gasteiger partial charge in [0.1, 0.15) is 11.6 Å². The molecule has 3 nitrogen and oxygen atoms in total. The number of hydrogen-bond acceptors (Lipinski definition) is 5. The molecule has 0 aliphatic heterocycles. The van der Waals surface area contributed by atoms with Gasteiger partial charge in [0.2, 0.25) is 0 Å². The van der Waals surface area contributed by atoms with E-state index in [4.69, 9.17) is 9.32 Å². The predicted molar refractivity (Wildman–Crippen MR) is 52.6 cm³/mol. The standard InChI is InChI=1S/C7H10N2OS2/c1-11-10-5-6-3-2-4-7(9-6)12-8/h2-4H,5,8H2,1H3. The normalized spacial score (nSPS) is 10.2. The van der Waals surface area contributed by atoms with Crippen molar-refractivity contribution in [1.29, 1.82) is 0 Å². The number of nitrogens with zero attached hydrogens (tertiary/aromatic N) is 1. The second kappa shape index (κ2) is 5.42. The minimum absolute atomic E-state index is 0.523. The highest BCUT2D eigenvalue weighted by molar-refractivity contribution is 7.97. The Morgan fingerprint density at radius 2 is 2.42 bits per heavy atom. The third-order valence-electron chi connectivity index (χ3n) is 1.23. The van der Waals surface area contributed by atoms with Gasteiger partial charge in [0.15, 0.2) is 0 Å². The molecule has 0 spiro atoms. The topological polar surface area (TPSA) is 48.1 Å². The average Bonchev–Trinajstić information content (AvgIpc) is 2.15. The van der Waals surface area contributed by atoms with Gasteiger partial charge in [0.25, 0.3) is 0 Å². The third kappa shape index (κ3) is 3.02. The van der Waals surface area contributed by atoms with Gasteiger partial charge in [-0.2, -0.15) is 0 Å². The highest BCUT2D eigenvalue weighted by Crippen LogP contribution is 2.10. The molecule has 0 aromatic carbocycles. The van der Waals surface area contributed by atoms with Gasteiger partial charge in [0, 0.05) is 6.26 Å². The molecule has 1 aromatic heterocycles. The van der Waals surface area contributed by atoms with E-state index in [1.54, 1.807) is 0 Å². The second-order valence-corrected chi connectivity index (χ2v) is 3.24. The largest absolute Gasteiger partial charge is 0.309 e. The molecule has 0 aliphatic carbocycles. The number of pyridine rings is 1. The molecular formula is C7H10N2OS2. The summed E-state index contributed by atoms with van der Waals surface area (Å²) in [7, 11) is 0. The predicted octanol–water partition coefficient (Wildman–Crippen LogP) is 1.84. The molecule has 0 aliphatic rings. The monoisotopic (exact) mass is 202 g/mol. The molecule has 66 valence electrons. The van der Waals surface area contributed by atoms with E-state index in [9.17, 15) is 0 Å². The molecule has 0 amide bonds. The van der Waals surface area contributed by atoms with Crippen molar-refractivity contribution in [3.63, 3.8) is 0 Å². The van der Waals surface area contributed by atoms with Crippen molar-refractivity contribution >= 4 is 24.0 Å². The van der Waals surface area contributed by atoms with Crippen molar-refractivity contribution in [2.45, 2.75) is 11.6 Å². The van der Waals surface area contributed by atoms with Crippen molar-refractivity contribution in [3.05, 3.63) is 23.9 Å². The molecule has 1 aromatic rings. The van der Waals surface area contributed by atoms with Gasteiger partial charge >= 0.3 is 0 Å². The van der Waals surface area contributed by atoms with Crippen molar-refractivity contribution in [1.82, 2.24) is 4.98 Å².